The van der Waals surface area contributed by atoms with Gasteiger partial charge in [0, 0.05) is 11.8 Å². The topological polar surface area (TPSA) is 17.1 Å². The molecular formula is C16H28O. The van der Waals surface area contributed by atoms with E-state index in [4.69, 9.17) is 0 Å². The van der Waals surface area contributed by atoms with Crippen LogP contribution in [0.25, 0.3) is 0 Å². The molecule has 1 heteroatoms. The predicted octanol–water partition coefficient (Wildman–Crippen LogP) is 4.74. The lowest BCUT2D eigenvalue weighted by molar-refractivity contribution is -0.127. The number of rotatable bonds is 5. The molecule has 0 spiro atoms. The lowest BCUT2D eigenvalue weighted by Gasteiger charge is -2.29. The van der Waals surface area contributed by atoms with Crippen LogP contribution >= 0.6 is 0 Å². The summed E-state index contributed by atoms with van der Waals surface area (Å²) in [6.07, 6.45) is 14.1. The van der Waals surface area contributed by atoms with Gasteiger partial charge in [0.1, 0.15) is 5.78 Å². The SMILES string of the molecule is CCCCC1CCC(C(=O)C2CCCC2)CC1. The molecule has 0 saturated heterocycles. The van der Waals surface area contributed by atoms with Gasteiger partial charge in [-0.2, -0.15) is 0 Å². The first kappa shape index (κ1) is 13.1. The van der Waals surface area contributed by atoms with Gasteiger partial charge in [0.2, 0.25) is 0 Å². The Morgan fingerprint density at radius 3 is 2.12 bits per heavy atom. The van der Waals surface area contributed by atoms with Crippen molar-refractivity contribution in [2.45, 2.75) is 77.6 Å². The molecule has 0 aliphatic heterocycles. The van der Waals surface area contributed by atoms with E-state index in [9.17, 15) is 4.79 Å². The van der Waals surface area contributed by atoms with E-state index in [2.05, 4.69) is 6.92 Å². The number of ketones is 1. The van der Waals surface area contributed by atoms with Gasteiger partial charge in [-0.3, -0.25) is 4.79 Å². The lowest BCUT2D eigenvalue weighted by Crippen LogP contribution is -2.26. The van der Waals surface area contributed by atoms with Crippen molar-refractivity contribution >= 4 is 5.78 Å². The fraction of sp³-hybridized carbons (Fsp3) is 0.938. The fourth-order valence-electron chi connectivity index (χ4n) is 3.77. The average molecular weight is 236 g/mol. The summed E-state index contributed by atoms with van der Waals surface area (Å²) in [4.78, 5) is 12.3. The van der Waals surface area contributed by atoms with Crippen LogP contribution in [0.3, 0.4) is 0 Å². The second-order valence-electron chi connectivity index (χ2n) is 6.24. The van der Waals surface area contributed by atoms with E-state index in [-0.39, 0.29) is 0 Å². The number of hydrogen-bond acceptors (Lipinski definition) is 1. The van der Waals surface area contributed by atoms with Crippen LogP contribution in [-0.4, -0.2) is 5.78 Å². The maximum atomic E-state index is 12.3. The quantitative estimate of drug-likeness (QED) is 0.673. The van der Waals surface area contributed by atoms with Gasteiger partial charge in [0.15, 0.2) is 0 Å². The van der Waals surface area contributed by atoms with Crippen LogP contribution in [0, 0.1) is 17.8 Å². The average Bonchev–Trinajstić information content (AvgIpc) is 2.90. The summed E-state index contributed by atoms with van der Waals surface area (Å²) < 4.78 is 0. The molecule has 98 valence electrons. The number of carbonyl (C=O) groups is 1. The molecule has 0 unspecified atom stereocenters. The zero-order valence-corrected chi connectivity index (χ0v) is 11.4. The minimum atomic E-state index is 0.441. The van der Waals surface area contributed by atoms with Crippen molar-refractivity contribution in [3.8, 4) is 0 Å². The Morgan fingerprint density at radius 2 is 1.53 bits per heavy atom. The molecule has 0 radical (unpaired) electrons. The number of Topliss-reactive ketones (excluding diaryl/α,β-unsaturated/α-hetero) is 1. The molecule has 0 aromatic heterocycles. The van der Waals surface area contributed by atoms with Crippen LogP contribution in [0.15, 0.2) is 0 Å². The van der Waals surface area contributed by atoms with Crippen LogP contribution in [-0.2, 0) is 4.79 Å². The Balaban J connectivity index is 1.72. The van der Waals surface area contributed by atoms with Gasteiger partial charge in [-0.15, -0.1) is 0 Å². The van der Waals surface area contributed by atoms with Crippen molar-refractivity contribution < 1.29 is 4.79 Å². The van der Waals surface area contributed by atoms with Crippen LogP contribution in [0.1, 0.15) is 77.6 Å². The van der Waals surface area contributed by atoms with Gasteiger partial charge in [-0.25, -0.2) is 0 Å². The first-order valence-corrected chi connectivity index (χ1v) is 7.85. The van der Waals surface area contributed by atoms with E-state index in [1.54, 1.807) is 0 Å². The summed E-state index contributed by atoms with van der Waals surface area (Å²) in [5.74, 6) is 2.46. The normalized spacial score (nSPS) is 30.6. The summed E-state index contributed by atoms with van der Waals surface area (Å²) in [6, 6.07) is 0. The highest BCUT2D eigenvalue weighted by atomic mass is 16.1. The molecule has 0 amide bonds. The molecule has 2 aliphatic rings. The maximum absolute atomic E-state index is 12.3. The smallest absolute Gasteiger partial charge is 0.139 e. The predicted molar refractivity (Wildman–Crippen MR) is 71.9 cm³/mol. The highest BCUT2D eigenvalue weighted by molar-refractivity contribution is 5.83. The molecule has 0 aromatic carbocycles. The van der Waals surface area contributed by atoms with E-state index in [0.29, 0.717) is 17.6 Å². The molecule has 2 aliphatic carbocycles. The summed E-state index contributed by atoms with van der Waals surface area (Å²) in [7, 11) is 0. The number of hydrogen-bond donors (Lipinski definition) is 0. The molecule has 2 rings (SSSR count). The second kappa shape index (κ2) is 6.56. The van der Waals surface area contributed by atoms with Gasteiger partial charge >= 0.3 is 0 Å². The zero-order chi connectivity index (χ0) is 12.1. The first-order chi connectivity index (χ1) is 8.31. The standard InChI is InChI=1S/C16H28O/c1-2-3-6-13-9-11-15(12-10-13)16(17)14-7-4-5-8-14/h13-15H,2-12H2,1H3. The maximum Gasteiger partial charge on any atom is 0.139 e. The van der Waals surface area contributed by atoms with Crippen LogP contribution in [0.2, 0.25) is 0 Å². The third-order valence-electron chi connectivity index (χ3n) is 4.97. The molecular weight excluding hydrogens is 208 g/mol. The third-order valence-corrected chi connectivity index (χ3v) is 4.97. The molecule has 0 aromatic rings. The van der Waals surface area contributed by atoms with E-state index in [1.807, 2.05) is 0 Å². The largest absolute Gasteiger partial charge is 0.299 e. The Labute approximate surface area is 106 Å². The first-order valence-electron chi connectivity index (χ1n) is 7.85. The van der Waals surface area contributed by atoms with E-state index < -0.39 is 0 Å². The lowest BCUT2D eigenvalue weighted by atomic mass is 9.75. The molecule has 0 atom stereocenters. The highest BCUT2D eigenvalue weighted by Gasteiger charge is 2.31. The fourth-order valence-corrected chi connectivity index (χ4v) is 3.77. The van der Waals surface area contributed by atoms with Gasteiger partial charge in [0.25, 0.3) is 0 Å². The molecule has 17 heavy (non-hydrogen) atoms. The van der Waals surface area contributed by atoms with E-state index >= 15 is 0 Å². The molecule has 0 bridgehead atoms. The number of unbranched alkanes of at least 4 members (excludes halogenated alkanes) is 1. The number of carbonyl (C=O) groups excluding carboxylic acids is 1. The molecule has 0 heterocycles. The molecule has 0 N–H and O–H groups in total. The summed E-state index contributed by atoms with van der Waals surface area (Å²) in [6.45, 7) is 2.27. The van der Waals surface area contributed by atoms with Crippen molar-refractivity contribution in [1.82, 2.24) is 0 Å². The molecule has 2 fully saturated rings. The third kappa shape index (κ3) is 3.56. The van der Waals surface area contributed by atoms with Crippen molar-refractivity contribution in [1.29, 1.82) is 0 Å². The molecule has 2 saturated carbocycles. The minimum Gasteiger partial charge on any atom is -0.299 e. The zero-order valence-electron chi connectivity index (χ0n) is 11.4. The summed E-state index contributed by atoms with van der Waals surface area (Å²) in [5.41, 5.74) is 0. The Kier molecular flexibility index (Phi) is 5.06. The van der Waals surface area contributed by atoms with E-state index in [0.717, 1.165) is 5.92 Å². The summed E-state index contributed by atoms with van der Waals surface area (Å²) in [5, 5.41) is 0. The van der Waals surface area contributed by atoms with Crippen molar-refractivity contribution in [3.05, 3.63) is 0 Å². The van der Waals surface area contributed by atoms with Crippen molar-refractivity contribution in [2.75, 3.05) is 0 Å². The second-order valence-corrected chi connectivity index (χ2v) is 6.24. The Morgan fingerprint density at radius 1 is 0.941 bits per heavy atom. The van der Waals surface area contributed by atoms with Crippen LogP contribution < -0.4 is 0 Å². The van der Waals surface area contributed by atoms with Gasteiger partial charge in [0.05, 0.1) is 0 Å². The summed E-state index contributed by atoms with van der Waals surface area (Å²) >= 11 is 0. The monoisotopic (exact) mass is 236 g/mol. The van der Waals surface area contributed by atoms with Crippen molar-refractivity contribution in [2.24, 2.45) is 17.8 Å². The van der Waals surface area contributed by atoms with Crippen LogP contribution in [0.4, 0.5) is 0 Å². The highest BCUT2D eigenvalue weighted by Crippen LogP contribution is 2.36. The Bertz CT molecular complexity index is 232. The van der Waals surface area contributed by atoms with Crippen molar-refractivity contribution in [3.63, 3.8) is 0 Å². The van der Waals surface area contributed by atoms with Gasteiger partial charge in [-0.1, -0.05) is 39.0 Å². The van der Waals surface area contributed by atoms with Gasteiger partial charge in [-0.05, 0) is 44.4 Å². The van der Waals surface area contributed by atoms with E-state index in [1.165, 1.54) is 70.6 Å². The minimum absolute atomic E-state index is 0.441. The van der Waals surface area contributed by atoms with Crippen LogP contribution in [0.5, 0.6) is 0 Å². The molecule has 1 nitrogen and oxygen atoms in total. The Hall–Kier alpha value is -0.330. The van der Waals surface area contributed by atoms with Gasteiger partial charge < -0.3 is 0 Å².